The minimum Gasteiger partial charge on any atom is -0.508 e. The van der Waals surface area contributed by atoms with E-state index in [4.69, 9.17) is 11.5 Å². The predicted molar refractivity (Wildman–Crippen MR) is 481 cm³/mol. The Morgan fingerprint density at radius 2 is 1.25 bits per heavy atom. The highest BCUT2D eigenvalue weighted by Crippen LogP contribution is 2.52. The third-order valence-corrected chi connectivity index (χ3v) is 28.1. The van der Waals surface area contributed by atoms with Crippen molar-refractivity contribution in [2.45, 2.75) is 220 Å². The molecule has 4 aromatic rings. The lowest BCUT2D eigenvalue weighted by molar-refractivity contribution is -0.438. The van der Waals surface area contributed by atoms with Crippen LogP contribution in [0, 0.1) is 5.92 Å². The number of primary amides is 2. The number of nitrogens with zero attached hydrogens (tertiary/aromatic N) is 3. The van der Waals surface area contributed by atoms with Crippen LogP contribution >= 0.6 is 21.6 Å². The van der Waals surface area contributed by atoms with Gasteiger partial charge in [-0.05, 0) is 163 Å². The first-order valence-corrected chi connectivity index (χ1v) is 50.7. The van der Waals surface area contributed by atoms with Gasteiger partial charge in [0.25, 0.3) is 40.5 Å². The average Bonchev–Trinajstić information content (AvgIpc) is 1.59. The molecule has 8 rings (SSSR count). The number of phenols is 1. The molecule has 37 nitrogen and oxygen atoms in total. The van der Waals surface area contributed by atoms with Crippen LogP contribution in [-0.4, -0.2) is 235 Å². The molecule has 11 amide bonds. The van der Waals surface area contributed by atoms with Crippen molar-refractivity contribution in [3.8, 4) is 5.75 Å². The van der Waals surface area contributed by atoms with E-state index in [-0.39, 0.29) is 149 Å². The summed E-state index contributed by atoms with van der Waals surface area (Å²) in [7, 11) is -15.8. The normalized spacial score (nSPS) is 21.1. The summed E-state index contributed by atoms with van der Waals surface area (Å²) in [6.07, 6.45) is 10.8. The molecule has 4 aliphatic rings. The number of unbranched alkanes of at least 4 members (excludes halogenated alkanes) is 5. The summed E-state index contributed by atoms with van der Waals surface area (Å²) in [5.41, 5.74) is 13.9. The zero-order chi connectivity index (χ0) is 94.1. The van der Waals surface area contributed by atoms with Gasteiger partial charge in [-0.2, -0.15) is 38.2 Å². The number of hydrogen-bond donors (Lipinski definition) is 15. The summed E-state index contributed by atoms with van der Waals surface area (Å²) in [6.45, 7) is 9.03. The number of benzene rings is 4. The molecular formula is C85H116N13O24S6+. The summed E-state index contributed by atoms with van der Waals surface area (Å²) in [6, 6.07) is 13.1. The summed E-state index contributed by atoms with van der Waals surface area (Å²) in [5, 5.41) is 31.5. The number of nitrogens with one attached hydrogen (secondary N) is 8. The second-order valence-electron chi connectivity index (χ2n) is 33.2. The first-order valence-electron chi connectivity index (χ1n) is 42.1. The Morgan fingerprint density at radius 3 is 1.89 bits per heavy atom. The van der Waals surface area contributed by atoms with Gasteiger partial charge in [0.1, 0.15) is 54.6 Å². The maximum atomic E-state index is 15.0. The van der Waals surface area contributed by atoms with Crippen LogP contribution in [0.4, 0.5) is 11.4 Å². The van der Waals surface area contributed by atoms with Gasteiger partial charge in [0.05, 0.1) is 39.7 Å². The molecule has 0 spiro atoms. The highest BCUT2D eigenvalue weighted by molar-refractivity contribution is 8.76. The van der Waals surface area contributed by atoms with E-state index in [1.54, 1.807) is 92.8 Å². The Morgan fingerprint density at radius 1 is 0.641 bits per heavy atom. The van der Waals surface area contributed by atoms with Gasteiger partial charge in [-0.3, -0.25) is 71.0 Å². The minimum absolute atomic E-state index is 0.0216. The molecule has 4 aromatic carbocycles. The molecule has 8 atom stereocenters. The van der Waals surface area contributed by atoms with E-state index < -0.39 is 177 Å². The van der Waals surface area contributed by atoms with E-state index in [1.807, 2.05) is 30.2 Å². The molecule has 2 saturated heterocycles. The van der Waals surface area contributed by atoms with E-state index >= 15 is 4.79 Å². The van der Waals surface area contributed by atoms with Crippen molar-refractivity contribution in [3.63, 3.8) is 0 Å². The third-order valence-electron chi connectivity index (χ3n) is 22.4. The Kier molecular flexibility index (Phi) is 37.9. The maximum absolute atomic E-state index is 15.0. The van der Waals surface area contributed by atoms with Gasteiger partial charge in [-0.1, -0.05) is 109 Å². The number of amides is 11. The number of rotatable bonds is 40. The summed E-state index contributed by atoms with van der Waals surface area (Å²) in [4.78, 5) is 156. The molecule has 17 N–H and O–H groups in total. The van der Waals surface area contributed by atoms with Gasteiger partial charge >= 0.3 is 0 Å². The predicted octanol–water partition coefficient (Wildman–Crippen LogP) is 4.30. The van der Waals surface area contributed by atoms with Gasteiger partial charge in [-0.15, -0.1) is 0 Å². The standard InChI is InChI=1S/C85H115N13O24S6/c1-54(2)46-63-78(105)94-66(51-73(86)100)81(108)95-67(53-124-123-43-37-76(103)90-64(48-56-29-31-57(99)32-30-56)79(106)93-65(80(107)92-63)47-55-22-9-6-10-23-55)83(110)98-42-21-25-70(98)82(109)91-62(77(104)89-52-74(87)101)24-14-16-39-88-75(102)28-13-8-15-38-85(5)61-50-59(128(120,121)122)34-36-69(61)97(41-18-20-45-126(114,115)116)72(85)27-12-7-11-26-71-84(3,4)60-49-58(127(117,118)119)33-35-68(60)96(71)40-17-19-44-125(111,112)113/h6-7,9-12,22-23,26-27,29-36,49-50,54,62-67,70H,8,13-21,24-25,28,37-48,51-53H2,1-5H3,(H16-,86,87,88,89,90,91,92,93,94,95,99,100,101,102,103,104,105,106,107,108,109,111,112,113,114,115,116,117,118,119,120,121,122)/p+1/t62-,63-,64-,65-,66-,67-,70-,85?/m0/s1. The topological polar surface area (TPSA) is 583 Å². The first kappa shape index (κ1) is 103. The van der Waals surface area contributed by atoms with Crippen molar-refractivity contribution in [2.75, 3.05) is 60.6 Å². The van der Waals surface area contributed by atoms with Crippen LogP contribution in [0.1, 0.15) is 166 Å². The van der Waals surface area contributed by atoms with Crippen molar-refractivity contribution in [1.29, 1.82) is 0 Å². The number of carbonyl (C=O) groups excluding carboxylic acids is 11. The number of aromatic hydroxyl groups is 1. The lowest BCUT2D eigenvalue weighted by Crippen LogP contribution is -2.61. The molecular weight excluding hydrogens is 1780 g/mol. The fraction of sp³-hybridized carbons (Fsp3) is 0.506. The van der Waals surface area contributed by atoms with E-state index in [0.717, 1.165) is 21.6 Å². The zero-order valence-electron chi connectivity index (χ0n) is 71.9. The van der Waals surface area contributed by atoms with E-state index in [0.29, 0.717) is 77.1 Å². The fourth-order valence-corrected chi connectivity index (χ4v) is 20.2. The first-order chi connectivity index (χ1) is 60.2. The second-order valence-corrected chi connectivity index (χ2v) is 41.8. The van der Waals surface area contributed by atoms with Crippen LogP contribution < -0.4 is 58.9 Å². The van der Waals surface area contributed by atoms with E-state index in [9.17, 15) is 105 Å². The van der Waals surface area contributed by atoms with Crippen LogP contribution in [0.15, 0.2) is 137 Å². The van der Waals surface area contributed by atoms with Crippen molar-refractivity contribution >= 4 is 144 Å². The number of nitrogens with two attached hydrogens (primary N) is 2. The molecule has 4 aliphatic heterocycles. The smallest absolute Gasteiger partial charge is 0.294 e. The van der Waals surface area contributed by atoms with Crippen LogP contribution in [0.5, 0.6) is 5.75 Å². The molecule has 0 saturated carbocycles. The Balaban J connectivity index is 0.933. The van der Waals surface area contributed by atoms with Gasteiger partial charge in [0.2, 0.25) is 70.7 Å². The molecule has 0 aromatic heterocycles. The van der Waals surface area contributed by atoms with Crippen molar-refractivity contribution in [2.24, 2.45) is 17.4 Å². The lowest BCUT2D eigenvalue weighted by atomic mass is 9.77. The molecule has 128 heavy (non-hydrogen) atoms. The summed E-state index contributed by atoms with van der Waals surface area (Å²) in [5.74, 6) is -10.3. The average molecular weight is 1900 g/mol. The van der Waals surface area contributed by atoms with Crippen LogP contribution in [0.2, 0.25) is 0 Å². The molecule has 4 heterocycles. The van der Waals surface area contributed by atoms with Crippen molar-refractivity contribution < 1.29 is 114 Å². The molecule has 1 unspecified atom stereocenters. The largest absolute Gasteiger partial charge is 0.508 e. The highest BCUT2D eigenvalue weighted by atomic mass is 33.1. The number of carbonyl (C=O) groups is 11. The van der Waals surface area contributed by atoms with Crippen molar-refractivity contribution in [3.05, 3.63) is 149 Å². The lowest BCUT2D eigenvalue weighted by Gasteiger charge is -2.31. The molecule has 0 radical (unpaired) electrons. The molecule has 2 fully saturated rings. The van der Waals surface area contributed by atoms with Crippen molar-refractivity contribution in [1.82, 2.24) is 47.4 Å². The number of hydrogen-bond acceptors (Lipinski definition) is 23. The SMILES string of the molecule is CC(C)C[C@@H]1NC(=O)[C@H](Cc2ccccc2)NC(=O)[C@H](Cc2ccc(O)cc2)NC(=O)CCSSC[C@@H](C(=O)N2CCC[C@H]2C(=O)N[C@@H](CCCCNC(=O)CCCCCC2(C)/C(=C/C=C/C=C/C3=[N+](CCCCS(=O)(=O)O)c4ccc(S(=O)(=O)O)cc4C3(C)C)N(CCCCS(=O)(=O)O)c3ccc(S(=O)(=O)O)cc32)C(=O)NCC(N)=O)NC(=O)[C@H](CC(N)=O)NC1=O. The quantitative estimate of drug-likeness (QED) is 0.00970. The minimum atomic E-state index is -4.75. The molecule has 0 aliphatic carbocycles. The van der Waals surface area contributed by atoms with Gasteiger partial charge in [-0.25, -0.2) is 0 Å². The van der Waals surface area contributed by atoms with Crippen LogP contribution in [0.25, 0.3) is 0 Å². The second kappa shape index (κ2) is 46.9. The summed E-state index contributed by atoms with van der Waals surface area (Å²) >= 11 is 0. The van der Waals surface area contributed by atoms with Crippen LogP contribution in [0.3, 0.4) is 0 Å². The molecule has 43 heteroatoms. The summed E-state index contributed by atoms with van der Waals surface area (Å²) < 4.78 is 138. The number of anilines is 1. The fourth-order valence-electron chi connectivity index (χ4n) is 15.9. The van der Waals surface area contributed by atoms with Gasteiger partial charge in [0.15, 0.2) is 5.71 Å². The van der Waals surface area contributed by atoms with Gasteiger partial charge < -0.3 is 68.9 Å². The Labute approximate surface area is 753 Å². The number of phenolic OH excluding ortho intramolecular Hbond substituents is 1. The Bertz CT molecular complexity index is 5330. The van der Waals surface area contributed by atoms with E-state index in [2.05, 4.69) is 42.5 Å². The monoisotopic (exact) mass is 1890 g/mol. The van der Waals surface area contributed by atoms with Gasteiger partial charge in [0, 0.05) is 97.7 Å². The third kappa shape index (κ3) is 31.1. The number of allylic oxidation sites excluding steroid dienone is 6. The van der Waals surface area contributed by atoms with Crippen LogP contribution in [-0.2, 0) is 117 Å². The number of likely N-dealkylation sites (tertiary alicyclic amines) is 1. The molecule has 700 valence electrons. The highest BCUT2D eigenvalue weighted by Gasteiger charge is 2.47. The maximum Gasteiger partial charge on any atom is 0.294 e. The molecule has 0 bridgehead atoms. The Hall–Kier alpha value is -10.1. The zero-order valence-corrected chi connectivity index (χ0v) is 76.8. The number of fused-ring (bicyclic) bond motifs is 2. The van der Waals surface area contributed by atoms with E-state index in [1.165, 1.54) is 47.4 Å².